The van der Waals surface area contributed by atoms with Gasteiger partial charge in [0, 0.05) is 10.8 Å². The molecule has 166 valence electrons. The normalized spacial score (nSPS) is 21.8. The van der Waals surface area contributed by atoms with Crippen LogP contribution >= 0.6 is 0 Å². The van der Waals surface area contributed by atoms with Gasteiger partial charge in [-0.2, -0.15) is 10.2 Å². The summed E-state index contributed by atoms with van der Waals surface area (Å²) in [5.41, 5.74) is 2.01. The number of para-hydroxylation sites is 2. The summed E-state index contributed by atoms with van der Waals surface area (Å²) in [5.74, 6) is -1.78. The Morgan fingerprint density at radius 1 is 0.594 bits per heavy atom. The van der Waals surface area contributed by atoms with Crippen molar-refractivity contribution in [2.75, 3.05) is 10.0 Å². The summed E-state index contributed by atoms with van der Waals surface area (Å²) < 4.78 is 0. The molecule has 0 saturated carbocycles. The summed E-state index contributed by atoms with van der Waals surface area (Å²) in [6.45, 7) is 12.2. The number of hydrogen-bond acceptors (Lipinski definition) is 4. The Hall–Kier alpha value is -3.28. The number of rotatable bonds is 3. The monoisotopic (exact) mass is 430 g/mol. The minimum Gasteiger partial charge on any atom is -0.272 e. The zero-order chi connectivity index (χ0) is 23.3. The summed E-state index contributed by atoms with van der Waals surface area (Å²) >= 11 is 0. The van der Waals surface area contributed by atoms with Gasteiger partial charge in [-0.05, 0) is 24.3 Å². The van der Waals surface area contributed by atoms with Crippen molar-refractivity contribution in [2.45, 2.75) is 41.5 Å². The van der Waals surface area contributed by atoms with Crippen molar-refractivity contribution < 1.29 is 9.59 Å². The van der Waals surface area contributed by atoms with E-state index in [0.717, 1.165) is 0 Å². The lowest BCUT2D eigenvalue weighted by Crippen LogP contribution is -2.46. The van der Waals surface area contributed by atoms with Gasteiger partial charge in [-0.1, -0.05) is 77.9 Å². The number of carbonyl (C=O) groups is 2. The molecule has 0 unspecified atom stereocenters. The van der Waals surface area contributed by atoms with E-state index < -0.39 is 22.7 Å². The highest BCUT2D eigenvalue weighted by Gasteiger charge is 2.55. The molecule has 6 heteroatoms. The second-order valence-corrected chi connectivity index (χ2v) is 10.4. The first kappa shape index (κ1) is 21.9. The quantitative estimate of drug-likeness (QED) is 0.679. The third-order valence-corrected chi connectivity index (χ3v) is 5.83. The average Bonchev–Trinajstić information content (AvgIpc) is 3.26. The summed E-state index contributed by atoms with van der Waals surface area (Å²) in [6, 6.07) is 18.7. The standard InChI is InChI=1S/C26H30N4O2/c1-25(2,3)21-19(23(31)29(27-21)17-13-9-7-10-14-17)20-22(26(4,5)6)28-30(24(20)32)18-15-11-8-12-16-18/h7-16,19-20H,1-6H3/t19-,20-/m0/s1. The highest BCUT2D eigenvalue weighted by atomic mass is 16.2. The molecule has 0 aliphatic carbocycles. The van der Waals surface area contributed by atoms with E-state index in [9.17, 15) is 9.59 Å². The van der Waals surface area contributed by atoms with Crippen molar-refractivity contribution >= 4 is 34.6 Å². The zero-order valence-electron chi connectivity index (χ0n) is 19.5. The lowest BCUT2D eigenvalue weighted by Gasteiger charge is -2.29. The lowest BCUT2D eigenvalue weighted by molar-refractivity contribution is -0.126. The Kier molecular flexibility index (Phi) is 5.27. The van der Waals surface area contributed by atoms with Crippen LogP contribution in [-0.4, -0.2) is 23.2 Å². The Labute approximate surface area is 189 Å². The average molecular weight is 431 g/mol. The van der Waals surface area contributed by atoms with Gasteiger partial charge in [-0.25, -0.2) is 10.0 Å². The predicted molar refractivity (Wildman–Crippen MR) is 129 cm³/mol. The van der Waals surface area contributed by atoms with Crippen molar-refractivity contribution in [1.29, 1.82) is 0 Å². The highest BCUT2D eigenvalue weighted by Crippen LogP contribution is 2.42. The van der Waals surface area contributed by atoms with E-state index in [4.69, 9.17) is 10.2 Å². The van der Waals surface area contributed by atoms with Crippen LogP contribution in [0.15, 0.2) is 70.9 Å². The van der Waals surface area contributed by atoms with Gasteiger partial charge in [0.05, 0.1) is 34.6 Å². The van der Waals surface area contributed by atoms with Gasteiger partial charge in [0.25, 0.3) is 11.8 Å². The molecule has 2 aliphatic heterocycles. The summed E-state index contributed by atoms with van der Waals surface area (Å²) in [7, 11) is 0. The summed E-state index contributed by atoms with van der Waals surface area (Å²) in [6.07, 6.45) is 0. The van der Waals surface area contributed by atoms with E-state index in [1.165, 1.54) is 10.0 Å². The number of hydrogen-bond donors (Lipinski definition) is 0. The molecule has 2 atom stereocenters. The second-order valence-electron chi connectivity index (χ2n) is 10.4. The maximum Gasteiger partial charge on any atom is 0.257 e. The van der Waals surface area contributed by atoms with Crippen LogP contribution in [0.25, 0.3) is 0 Å². The van der Waals surface area contributed by atoms with E-state index in [1.54, 1.807) is 0 Å². The SMILES string of the molecule is CC(C)(C)C1=NN(c2ccccc2)C(=O)[C@H]1[C@@H]1C(=O)N(c2ccccc2)N=C1C(C)(C)C. The van der Waals surface area contributed by atoms with Gasteiger partial charge in [-0.3, -0.25) is 9.59 Å². The van der Waals surface area contributed by atoms with Crippen molar-refractivity contribution in [2.24, 2.45) is 32.9 Å². The van der Waals surface area contributed by atoms with Crippen molar-refractivity contribution in [3.63, 3.8) is 0 Å². The molecule has 0 spiro atoms. The van der Waals surface area contributed by atoms with Crippen LogP contribution in [0.1, 0.15) is 41.5 Å². The topological polar surface area (TPSA) is 65.3 Å². The number of hydrazone groups is 2. The van der Waals surface area contributed by atoms with Gasteiger partial charge in [0.2, 0.25) is 0 Å². The molecule has 2 aliphatic rings. The first-order chi connectivity index (χ1) is 15.0. The van der Waals surface area contributed by atoms with Gasteiger partial charge in [0.1, 0.15) is 0 Å². The molecule has 0 aromatic heterocycles. The molecule has 0 fully saturated rings. The van der Waals surface area contributed by atoms with Crippen LogP contribution in [0, 0.1) is 22.7 Å². The molecule has 4 rings (SSSR count). The Balaban J connectivity index is 1.82. The molecule has 2 aromatic carbocycles. The van der Waals surface area contributed by atoms with E-state index in [-0.39, 0.29) is 11.8 Å². The van der Waals surface area contributed by atoms with E-state index in [2.05, 4.69) is 0 Å². The Bertz CT molecular complexity index is 1000. The van der Waals surface area contributed by atoms with Crippen LogP contribution in [0.2, 0.25) is 0 Å². The fourth-order valence-corrected chi connectivity index (χ4v) is 4.28. The molecule has 0 saturated heterocycles. The summed E-state index contributed by atoms with van der Waals surface area (Å²) in [4.78, 5) is 27.6. The fraction of sp³-hybridized carbons (Fsp3) is 0.385. The van der Waals surface area contributed by atoms with Crippen LogP contribution < -0.4 is 10.0 Å². The van der Waals surface area contributed by atoms with Crippen molar-refractivity contribution in [1.82, 2.24) is 0 Å². The third-order valence-electron chi connectivity index (χ3n) is 5.83. The van der Waals surface area contributed by atoms with E-state index in [1.807, 2.05) is 102 Å². The third kappa shape index (κ3) is 3.74. The molecule has 2 aromatic rings. The maximum absolute atomic E-state index is 13.8. The number of amides is 2. The number of carbonyl (C=O) groups excluding carboxylic acids is 2. The molecule has 0 N–H and O–H groups in total. The van der Waals surface area contributed by atoms with Crippen LogP contribution in [0.4, 0.5) is 11.4 Å². The van der Waals surface area contributed by atoms with Gasteiger partial charge < -0.3 is 0 Å². The van der Waals surface area contributed by atoms with Gasteiger partial charge in [-0.15, -0.1) is 0 Å². The number of benzene rings is 2. The highest BCUT2D eigenvalue weighted by molar-refractivity contribution is 6.27. The second kappa shape index (κ2) is 7.69. The molecule has 0 radical (unpaired) electrons. The number of nitrogens with zero attached hydrogens (tertiary/aromatic N) is 4. The minimum atomic E-state index is -0.700. The van der Waals surface area contributed by atoms with Crippen molar-refractivity contribution in [3.8, 4) is 0 Å². The van der Waals surface area contributed by atoms with Crippen molar-refractivity contribution in [3.05, 3.63) is 60.7 Å². The minimum absolute atomic E-state index is 0.189. The van der Waals surface area contributed by atoms with E-state index >= 15 is 0 Å². The van der Waals surface area contributed by atoms with Crippen LogP contribution in [-0.2, 0) is 9.59 Å². The number of anilines is 2. The maximum atomic E-state index is 13.8. The lowest BCUT2D eigenvalue weighted by atomic mass is 9.70. The zero-order valence-corrected chi connectivity index (χ0v) is 19.5. The Morgan fingerprint density at radius 2 is 0.906 bits per heavy atom. The molecule has 32 heavy (non-hydrogen) atoms. The smallest absolute Gasteiger partial charge is 0.257 e. The first-order valence-corrected chi connectivity index (χ1v) is 11.0. The molecule has 0 bridgehead atoms. The van der Waals surface area contributed by atoms with Crippen LogP contribution in [0.3, 0.4) is 0 Å². The van der Waals surface area contributed by atoms with Gasteiger partial charge in [0.15, 0.2) is 0 Å². The molecule has 2 heterocycles. The molecular formula is C26H30N4O2. The van der Waals surface area contributed by atoms with Crippen LogP contribution in [0.5, 0.6) is 0 Å². The van der Waals surface area contributed by atoms with E-state index in [0.29, 0.717) is 22.8 Å². The predicted octanol–water partition coefficient (Wildman–Crippen LogP) is 5.12. The molecular weight excluding hydrogens is 400 g/mol. The van der Waals surface area contributed by atoms with Gasteiger partial charge >= 0.3 is 0 Å². The largest absolute Gasteiger partial charge is 0.272 e. The first-order valence-electron chi connectivity index (χ1n) is 11.0. The molecule has 2 amide bonds. The summed E-state index contributed by atoms with van der Waals surface area (Å²) in [5, 5.41) is 12.4. The Morgan fingerprint density at radius 3 is 1.19 bits per heavy atom. The molecule has 6 nitrogen and oxygen atoms in total. The fourth-order valence-electron chi connectivity index (χ4n) is 4.28.